The first-order chi connectivity index (χ1) is 15.3. The predicted molar refractivity (Wildman–Crippen MR) is 118 cm³/mol. The van der Waals surface area contributed by atoms with Gasteiger partial charge in [0.15, 0.2) is 15.6 Å². The lowest BCUT2D eigenvalue weighted by Crippen LogP contribution is -2.18. The van der Waals surface area contributed by atoms with Crippen molar-refractivity contribution in [2.75, 3.05) is 32.4 Å². The van der Waals surface area contributed by atoms with E-state index in [1.807, 2.05) is 0 Å². The lowest BCUT2D eigenvalue weighted by molar-refractivity contribution is -0.115. The van der Waals surface area contributed by atoms with Crippen LogP contribution in [0.1, 0.15) is 12.1 Å². The minimum Gasteiger partial charge on any atom is -0.497 e. The second-order valence-electron chi connectivity index (χ2n) is 6.88. The zero-order valence-corrected chi connectivity index (χ0v) is 19.0. The van der Waals surface area contributed by atoms with Crippen LogP contribution in [0.4, 0.5) is 5.69 Å². The number of hydrogen-bond acceptors (Lipinski definition) is 8. The number of hydrogen-bond donors (Lipinski definition) is 1. The molecule has 2 aromatic carbocycles. The van der Waals surface area contributed by atoms with Crippen molar-refractivity contribution < 1.29 is 31.9 Å². The van der Waals surface area contributed by atoms with Crippen LogP contribution in [0.5, 0.6) is 17.2 Å². The standard InChI is InChI=1S/C22H24N2O7S/c1-14-11-20(31-24-14)15-5-7-19(30-4)21(12-15)32(26,27)10-9-22(25)23-17-13-16(28-2)6-8-18(17)29-3/h5-8,11-13H,9-10H2,1-4H3,(H,23,25). The maximum absolute atomic E-state index is 13.0. The minimum absolute atomic E-state index is 0.0293. The number of carbonyl (C=O) groups excluding carboxylic acids is 1. The molecule has 10 heteroatoms. The molecule has 0 aliphatic carbocycles. The van der Waals surface area contributed by atoms with Gasteiger partial charge in [-0.3, -0.25) is 4.79 Å². The molecule has 170 valence electrons. The van der Waals surface area contributed by atoms with E-state index in [9.17, 15) is 13.2 Å². The lowest BCUT2D eigenvalue weighted by Gasteiger charge is -2.13. The first kappa shape index (κ1) is 23.1. The van der Waals surface area contributed by atoms with Crippen LogP contribution in [0.25, 0.3) is 11.3 Å². The summed E-state index contributed by atoms with van der Waals surface area (Å²) in [6, 6.07) is 11.3. The fourth-order valence-electron chi connectivity index (χ4n) is 3.03. The molecule has 1 aromatic heterocycles. The Morgan fingerprint density at radius 1 is 1.00 bits per heavy atom. The van der Waals surface area contributed by atoms with E-state index in [2.05, 4.69) is 10.5 Å². The maximum Gasteiger partial charge on any atom is 0.225 e. The molecule has 3 rings (SSSR count). The van der Waals surface area contributed by atoms with E-state index < -0.39 is 21.5 Å². The van der Waals surface area contributed by atoms with Crippen LogP contribution in [0.2, 0.25) is 0 Å². The van der Waals surface area contributed by atoms with Gasteiger partial charge in [0, 0.05) is 24.1 Å². The van der Waals surface area contributed by atoms with Gasteiger partial charge in [0.1, 0.15) is 22.1 Å². The van der Waals surface area contributed by atoms with Gasteiger partial charge < -0.3 is 24.1 Å². The first-order valence-corrected chi connectivity index (χ1v) is 11.3. The van der Waals surface area contributed by atoms with Gasteiger partial charge in [0.25, 0.3) is 0 Å². The molecule has 0 spiro atoms. The predicted octanol–water partition coefficient (Wildman–Crippen LogP) is 3.48. The van der Waals surface area contributed by atoms with E-state index in [4.69, 9.17) is 18.7 Å². The topological polar surface area (TPSA) is 117 Å². The van der Waals surface area contributed by atoms with Crippen LogP contribution in [0.3, 0.4) is 0 Å². The highest BCUT2D eigenvalue weighted by Crippen LogP contribution is 2.32. The number of benzene rings is 2. The molecule has 9 nitrogen and oxygen atoms in total. The smallest absolute Gasteiger partial charge is 0.225 e. The number of rotatable bonds is 9. The summed E-state index contributed by atoms with van der Waals surface area (Å²) in [6.07, 6.45) is -0.266. The largest absolute Gasteiger partial charge is 0.497 e. The van der Waals surface area contributed by atoms with E-state index in [0.717, 1.165) is 0 Å². The van der Waals surface area contributed by atoms with Gasteiger partial charge in [-0.05, 0) is 37.3 Å². The molecule has 1 N–H and O–H groups in total. The quantitative estimate of drug-likeness (QED) is 0.516. The van der Waals surface area contributed by atoms with E-state index in [1.165, 1.54) is 27.4 Å². The van der Waals surface area contributed by atoms with Gasteiger partial charge in [0.05, 0.1) is 38.5 Å². The molecule has 0 atom stereocenters. The number of anilines is 1. The summed E-state index contributed by atoms with van der Waals surface area (Å²) in [5.74, 6) is 0.669. The zero-order chi connectivity index (χ0) is 23.3. The Bertz CT molecular complexity index is 1220. The summed E-state index contributed by atoms with van der Waals surface area (Å²) in [5, 5.41) is 6.49. The number of amides is 1. The molecule has 0 aliphatic heterocycles. The second kappa shape index (κ2) is 9.73. The normalized spacial score (nSPS) is 11.1. The summed E-state index contributed by atoms with van der Waals surface area (Å²) in [6.45, 7) is 1.77. The molecule has 1 heterocycles. The van der Waals surface area contributed by atoms with Crippen molar-refractivity contribution in [1.29, 1.82) is 0 Å². The lowest BCUT2D eigenvalue weighted by atomic mass is 10.1. The van der Waals surface area contributed by atoms with E-state index in [0.29, 0.717) is 34.2 Å². The van der Waals surface area contributed by atoms with Gasteiger partial charge >= 0.3 is 0 Å². The average Bonchev–Trinajstić information content (AvgIpc) is 3.23. The Balaban J connectivity index is 1.78. The molecule has 3 aromatic rings. The van der Waals surface area contributed by atoms with Crippen molar-refractivity contribution in [1.82, 2.24) is 5.16 Å². The highest BCUT2D eigenvalue weighted by Gasteiger charge is 2.23. The highest BCUT2D eigenvalue weighted by molar-refractivity contribution is 7.91. The molecule has 0 aliphatic rings. The first-order valence-electron chi connectivity index (χ1n) is 9.63. The van der Waals surface area contributed by atoms with Crippen molar-refractivity contribution in [3.8, 4) is 28.6 Å². The average molecular weight is 461 g/mol. The number of nitrogens with zero attached hydrogens (tertiary/aromatic N) is 1. The number of methoxy groups -OCH3 is 3. The van der Waals surface area contributed by atoms with Gasteiger partial charge in [-0.25, -0.2) is 8.42 Å². The number of aryl methyl sites for hydroxylation is 1. The summed E-state index contributed by atoms with van der Waals surface area (Å²) >= 11 is 0. The van der Waals surface area contributed by atoms with Crippen LogP contribution >= 0.6 is 0 Å². The van der Waals surface area contributed by atoms with Crippen LogP contribution in [0, 0.1) is 6.92 Å². The monoisotopic (exact) mass is 460 g/mol. The van der Waals surface area contributed by atoms with Gasteiger partial charge in [-0.15, -0.1) is 0 Å². The molecule has 0 saturated carbocycles. The maximum atomic E-state index is 13.0. The molecule has 1 amide bonds. The summed E-state index contributed by atoms with van der Waals surface area (Å²) in [5.41, 5.74) is 1.59. The summed E-state index contributed by atoms with van der Waals surface area (Å²) in [7, 11) is 0.508. The summed E-state index contributed by atoms with van der Waals surface area (Å²) < 4.78 is 46.9. The third-order valence-electron chi connectivity index (χ3n) is 4.69. The fourth-order valence-corrected chi connectivity index (χ4v) is 4.47. The SMILES string of the molecule is COc1ccc(OC)c(NC(=O)CCS(=O)(=O)c2cc(-c3cc(C)no3)ccc2OC)c1. The van der Waals surface area contributed by atoms with Crippen molar-refractivity contribution in [2.24, 2.45) is 0 Å². The molecular weight excluding hydrogens is 436 g/mol. The van der Waals surface area contributed by atoms with Crippen molar-refractivity contribution in [3.63, 3.8) is 0 Å². The number of ether oxygens (including phenoxy) is 3. The third kappa shape index (κ3) is 5.20. The van der Waals surface area contributed by atoms with Crippen molar-refractivity contribution >= 4 is 21.4 Å². The van der Waals surface area contributed by atoms with Crippen molar-refractivity contribution in [2.45, 2.75) is 18.2 Å². The van der Waals surface area contributed by atoms with Crippen LogP contribution in [-0.2, 0) is 14.6 Å². The number of sulfone groups is 1. The third-order valence-corrected chi connectivity index (χ3v) is 6.42. The highest BCUT2D eigenvalue weighted by atomic mass is 32.2. The molecule has 0 radical (unpaired) electrons. The molecular formula is C22H24N2O7S. The number of nitrogens with one attached hydrogen (secondary N) is 1. The number of aromatic nitrogens is 1. The molecule has 0 unspecified atom stereocenters. The van der Waals surface area contributed by atoms with Crippen LogP contribution in [-0.4, -0.2) is 46.6 Å². The molecule has 0 fully saturated rings. The van der Waals surface area contributed by atoms with E-state index in [1.54, 1.807) is 43.3 Å². The molecule has 32 heavy (non-hydrogen) atoms. The van der Waals surface area contributed by atoms with Gasteiger partial charge in [-0.2, -0.15) is 0 Å². The Morgan fingerprint density at radius 2 is 1.72 bits per heavy atom. The minimum atomic E-state index is -3.85. The van der Waals surface area contributed by atoms with Crippen molar-refractivity contribution in [3.05, 3.63) is 48.2 Å². The Kier molecular flexibility index (Phi) is 7.04. The summed E-state index contributed by atoms with van der Waals surface area (Å²) in [4.78, 5) is 12.4. The van der Waals surface area contributed by atoms with E-state index in [-0.39, 0.29) is 17.1 Å². The van der Waals surface area contributed by atoms with Crippen LogP contribution in [0.15, 0.2) is 51.9 Å². The van der Waals surface area contributed by atoms with Gasteiger partial charge in [-0.1, -0.05) is 5.16 Å². The Morgan fingerprint density at radius 3 is 2.34 bits per heavy atom. The second-order valence-corrected chi connectivity index (χ2v) is 8.96. The van der Waals surface area contributed by atoms with Gasteiger partial charge in [0.2, 0.25) is 5.91 Å². The Hall–Kier alpha value is -3.53. The molecule has 0 saturated heterocycles. The number of carbonyl (C=O) groups is 1. The Labute approximate surface area is 186 Å². The van der Waals surface area contributed by atoms with E-state index >= 15 is 0 Å². The fraction of sp³-hybridized carbons (Fsp3) is 0.273. The zero-order valence-electron chi connectivity index (χ0n) is 18.2. The molecule has 0 bridgehead atoms. The van der Waals surface area contributed by atoms with Crippen LogP contribution < -0.4 is 19.5 Å².